The Morgan fingerprint density at radius 2 is 2.04 bits per heavy atom. The molecule has 0 saturated heterocycles. The number of aryl methyl sites for hydroxylation is 1. The van der Waals surface area contributed by atoms with Gasteiger partial charge in [-0.15, -0.1) is 0 Å². The maximum Gasteiger partial charge on any atom is 0.416 e. The minimum atomic E-state index is -4.52. The first-order valence-electron chi connectivity index (χ1n) is 6.75. The van der Waals surface area contributed by atoms with E-state index in [4.69, 9.17) is 0 Å². The van der Waals surface area contributed by atoms with E-state index in [1.165, 1.54) is 26.0 Å². The number of hydrogen-bond acceptors (Lipinski definition) is 4. The molecule has 1 N–H and O–H groups in total. The summed E-state index contributed by atoms with van der Waals surface area (Å²) in [6.45, 7) is 2.53. The van der Waals surface area contributed by atoms with Crippen LogP contribution in [0.4, 0.5) is 24.5 Å². The van der Waals surface area contributed by atoms with Crippen LogP contribution in [-0.2, 0) is 17.5 Å². The molecular formula is C14H13F3N4O3. The van der Waals surface area contributed by atoms with E-state index in [9.17, 15) is 28.1 Å². The van der Waals surface area contributed by atoms with Gasteiger partial charge in [-0.1, -0.05) is 6.07 Å². The number of halogens is 3. The van der Waals surface area contributed by atoms with Crippen molar-refractivity contribution < 1.29 is 22.9 Å². The van der Waals surface area contributed by atoms with E-state index < -0.39 is 22.6 Å². The molecule has 0 spiro atoms. The number of carbonyl (C=O) groups is 1. The maximum absolute atomic E-state index is 12.6. The van der Waals surface area contributed by atoms with Crippen LogP contribution in [0.1, 0.15) is 17.0 Å². The van der Waals surface area contributed by atoms with Crippen LogP contribution in [0.2, 0.25) is 0 Å². The Balaban J connectivity index is 2.15. The standard InChI is InChI=1S/C14H13F3N4O3/c1-8-13(21(23)24)9(2)20(19-8)7-12(22)18-11-5-3-4-10(6-11)14(15,16)17/h3-6H,7H2,1-2H3,(H,18,22). The van der Waals surface area contributed by atoms with Crippen molar-refractivity contribution in [3.63, 3.8) is 0 Å². The largest absolute Gasteiger partial charge is 0.416 e. The molecule has 128 valence electrons. The molecule has 1 amide bonds. The fraction of sp³-hybridized carbons (Fsp3) is 0.286. The summed E-state index contributed by atoms with van der Waals surface area (Å²) in [7, 11) is 0. The lowest BCUT2D eigenvalue weighted by molar-refractivity contribution is -0.386. The Morgan fingerprint density at radius 3 is 2.58 bits per heavy atom. The first-order valence-corrected chi connectivity index (χ1v) is 6.75. The highest BCUT2D eigenvalue weighted by molar-refractivity contribution is 5.90. The molecule has 0 aliphatic rings. The average molecular weight is 342 g/mol. The summed E-state index contributed by atoms with van der Waals surface area (Å²) < 4.78 is 39.0. The van der Waals surface area contributed by atoms with Crippen LogP contribution < -0.4 is 5.32 Å². The van der Waals surface area contributed by atoms with Crippen LogP contribution in [-0.4, -0.2) is 20.6 Å². The molecular weight excluding hydrogens is 329 g/mol. The molecule has 1 heterocycles. The third-order valence-electron chi connectivity index (χ3n) is 3.29. The van der Waals surface area contributed by atoms with Gasteiger partial charge >= 0.3 is 11.9 Å². The fourth-order valence-electron chi connectivity index (χ4n) is 2.22. The molecule has 0 fully saturated rings. The lowest BCUT2D eigenvalue weighted by atomic mass is 10.2. The van der Waals surface area contributed by atoms with Gasteiger partial charge in [0.15, 0.2) is 0 Å². The number of aromatic nitrogens is 2. The van der Waals surface area contributed by atoms with Gasteiger partial charge in [0, 0.05) is 5.69 Å². The number of carbonyl (C=O) groups excluding carboxylic acids is 1. The predicted molar refractivity (Wildman–Crippen MR) is 78.4 cm³/mol. The Kier molecular flexibility index (Phi) is 4.58. The number of nitro groups is 1. The van der Waals surface area contributed by atoms with Gasteiger partial charge in [0.2, 0.25) is 5.91 Å². The van der Waals surface area contributed by atoms with Crippen LogP contribution in [0.3, 0.4) is 0 Å². The third-order valence-corrected chi connectivity index (χ3v) is 3.29. The minimum Gasteiger partial charge on any atom is -0.324 e. The fourth-order valence-corrected chi connectivity index (χ4v) is 2.22. The number of rotatable bonds is 4. The molecule has 0 saturated carbocycles. The van der Waals surface area contributed by atoms with Gasteiger partial charge in [-0.25, -0.2) is 0 Å². The van der Waals surface area contributed by atoms with E-state index in [1.54, 1.807) is 0 Å². The van der Waals surface area contributed by atoms with Crippen molar-refractivity contribution in [3.8, 4) is 0 Å². The zero-order valence-corrected chi connectivity index (χ0v) is 12.7. The topological polar surface area (TPSA) is 90.1 Å². The molecule has 0 aliphatic carbocycles. The van der Waals surface area contributed by atoms with Crippen LogP contribution in [0.5, 0.6) is 0 Å². The van der Waals surface area contributed by atoms with Gasteiger partial charge in [-0.05, 0) is 32.0 Å². The second-order valence-electron chi connectivity index (χ2n) is 5.06. The van der Waals surface area contributed by atoms with E-state index in [1.807, 2.05) is 0 Å². The lowest BCUT2D eigenvalue weighted by Crippen LogP contribution is -2.20. The van der Waals surface area contributed by atoms with Crippen LogP contribution >= 0.6 is 0 Å². The quantitative estimate of drug-likeness (QED) is 0.683. The average Bonchev–Trinajstić information content (AvgIpc) is 2.72. The van der Waals surface area contributed by atoms with Gasteiger partial charge in [0.1, 0.15) is 17.9 Å². The molecule has 24 heavy (non-hydrogen) atoms. The number of nitrogens with one attached hydrogen (secondary N) is 1. The van der Waals surface area contributed by atoms with Gasteiger partial charge in [0.05, 0.1) is 10.5 Å². The predicted octanol–water partition coefficient (Wildman–Crippen LogP) is 3.07. The number of hydrogen-bond donors (Lipinski definition) is 1. The normalized spacial score (nSPS) is 11.4. The van der Waals surface area contributed by atoms with E-state index in [-0.39, 0.29) is 29.3 Å². The first kappa shape index (κ1) is 17.4. The highest BCUT2D eigenvalue weighted by Gasteiger charge is 2.30. The third kappa shape index (κ3) is 3.70. The zero-order chi connectivity index (χ0) is 18.1. The molecule has 0 aliphatic heterocycles. The van der Waals surface area contributed by atoms with Gasteiger partial charge in [-0.3, -0.25) is 19.6 Å². The Hall–Kier alpha value is -2.91. The monoisotopic (exact) mass is 342 g/mol. The minimum absolute atomic E-state index is 0.0224. The number of alkyl halides is 3. The van der Waals surface area contributed by atoms with Crippen molar-refractivity contribution in [3.05, 3.63) is 51.3 Å². The SMILES string of the molecule is Cc1nn(CC(=O)Nc2cccc(C(F)(F)F)c2)c(C)c1[N+](=O)[O-]. The van der Waals surface area contributed by atoms with E-state index in [0.717, 1.165) is 16.8 Å². The summed E-state index contributed by atoms with van der Waals surface area (Å²) in [6.07, 6.45) is -4.52. The summed E-state index contributed by atoms with van der Waals surface area (Å²) in [5, 5.41) is 17.1. The second kappa shape index (κ2) is 6.30. The van der Waals surface area contributed by atoms with E-state index in [2.05, 4.69) is 10.4 Å². The highest BCUT2D eigenvalue weighted by Crippen LogP contribution is 2.30. The van der Waals surface area contributed by atoms with Crippen molar-refractivity contribution in [1.82, 2.24) is 9.78 Å². The zero-order valence-electron chi connectivity index (χ0n) is 12.7. The number of benzene rings is 1. The van der Waals surface area contributed by atoms with Crippen molar-refractivity contribution in [2.75, 3.05) is 5.32 Å². The summed E-state index contributed by atoms with van der Waals surface area (Å²) in [4.78, 5) is 22.3. The summed E-state index contributed by atoms with van der Waals surface area (Å²) in [5.41, 5.74) is -0.754. The highest BCUT2D eigenvalue weighted by atomic mass is 19.4. The van der Waals surface area contributed by atoms with Crippen LogP contribution in [0.25, 0.3) is 0 Å². The smallest absolute Gasteiger partial charge is 0.324 e. The first-order chi connectivity index (χ1) is 11.1. The molecule has 1 aromatic carbocycles. The molecule has 0 radical (unpaired) electrons. The molecule has 7 nitrogen and oxygen atoms in total. The second-order valence-corrected chi connectivity index (χ2v) is 5.06. The van der Waals surface area contributed by atoms with Gasteiger partial charge in [0.25, 0.3) is 0 Å². The Morgan fingerprint density at radius 1 is 1.38 bits per heavy atom. The van der Waals surface area contributed by atoms with Crippen molar-refractivity contribution >= 4 is 17.3 Å². The maximum atomic E-state index is 12.6. The molecule has 0 atom stereocenters. The molecule has 1 aromatic heterocycles. The number of nitrogens with zero attached hydrogens (tertiary/aromatic N) is 3. The molecule has 0 bridgehead atoms. The molecule has 2 rings (SSSR count). The Labute approximate surface area is 134 Å². The lowest BCUT2D eigenvalue weighted by Gasteiger charge is -2.10. The Bertz CT molecular complexity index is 799. The molecule has 2 aromatic rings. The molecule has 0 unspecified atom stereocenters. The number of amides is 1. The molecule has 10 heteroatoms. The van der Waals surface area contributed by atoms with Gasteiger partial charge in [-0.2, -0.15) is 18.3 Å². The van der Waals surface area contributed by atoms with Gasteiger partial charge < -0.3 is 5.32 Å². The van der Waals surface area contributed by atoms with E-state index >= 15 is 0 Å². The summed E-state index contributed by atoms with van der Waals surface area (Å²) in [5.74, 6) is -0.644. The van der Waals surface area contributed by atoms with Crippen molar-refractivity contribution in [2.24, 2.45) is 0 Å². The van der Waals surface area contributed by atoms with E-state index in [0.29, 0.717) is 0 Å². The van der Waals surface area contributed by atoms with Crippen molar-refractivity contribution in [1.29, 1.82) is 0 Å². The van der Waals surface area contributed by atoms with Crippen molar-refractivity contribution in [2.45, 2.75) is 26.6 Å². The van der Waals surface area contributed by atoms with Crippen LogP contribution in [0.15, 0.2) is 24.3 Å². The number of anilines is 1. The van der Waals surface area contributed by atoms with Crippen LogP contribution in [0, 0.1) is 24.0 Å². The summed E-state index contributed by atoms with van der Waals surface area (Å²) in [6, 6.07) is 4.19. The summed E-state index contributed by atoms with van der Waals surface area (Å²) >= 11 is 0.